The predicted molar refractivity (Wildman–Crippen MR) is 92.1 cm³/mol. The Morgan fingerprint density at radius 1 is 1.20 bits per heavy atom. The van der Waals surface area contributed by atoms with Crippen LogP contribution in [0.3, 0.4) is 0 Å². The second-order valence-corrected chi connectivity index (χ2v) is 6.31. The third-order valence-corrected chi connectivity index (χ3v) is 4.44. The standard InChI is InChI=1S/C19H21F2N3O/c20-17-5-4-15(12-18(17)21)23-16-2-1-11-24(13-16)19(25)6-3-14-7-9-22-10-8-14/h4-5,7-10,12,16,23H,1-3,6,11,13H2/t16-/m1/s1. The first-order valence-corrected chi connectivity index (χ1v) is 8.50. The molecule has 1 aromatic carbocycles. The summed E-state index contributed by atoms with van der Waals surface area (Å²) in [6.45, 7) is 1.32. The molecular formula is C19H21F2N3O. The monoisotopic (exact) mass is 345 g/mol. The Kier molecular flexibility index (Phi) is 5.58. The molecule has 1 amide bonds. The van der Waals surface area contributed by atoms with Crippen molar-refractivity contribution in [2.75, 3.05) is 18.4 Å². The van der Waals surface area contributed by atoms with Gasteiger partial charge in [-0.25, -0.2) is 8.78 Å². The van der Waals surface area contributed by atoms with Crippen LogP contribution in [0.1, 0.15) is 24.8 Å². The van der Waals surface area contributed by atoms with E-state index < -0.39 is 11.6 Å². The SMILES string of the molecule is O=C(CCc1ccncc1)N1CCC[C@@H](Nc2ccc(F)c(F)c2)C1. The minimum absolute atomic E-state index is 0.0449. The molecule has 25 heavy (non-hydrogen) atoms. The summed E-state index contributed by atoms with van der Waals surface area (Å²) in [7, 11) is 0. The second kappa shape index (κ2) is 8.05. The molecule has 1 aliphatic rings. The Labute approximate surface area is 145 Å². The first kappa shape index (κ1) is 17.3. The molecule has 6 heteroatoms. The Hall–Kier alpha value is -2.50. The van der Waals surface area contributed by atoms with Crippen LogP contribution in [0, 0.1) is 11.6 Å². The van der Waals surface area contributed by atoms with E-state index in [1.54, 1.807) is 12.4 Å². The van der Waals surface area contributed by atoms with Crippen molar-refractivity contribution in [3.63, 3.8) is 0 Å². The number of aryl methyl sites for hydroxylation is 1. The van der Waals surface area contributed by atoms with Gasteiger partial charge in [-0.3, -0.25) is 9.78 Å². The zero-order valence-electron chi connectivity index (χ0n) is 13.9. The minimum Gasteiger partial charge on any atom is -0.380 e. The maximum absolute atomic E-state index is 13.3. The van der Waals surface area contributed by atoms with Gasteiger partial charge in [0, 0.05) is 49.7 Å². The molecule has 1 atom stereocenters. The Balaban J connectivity index is 1.53. The lowest BCUT2D eigenvalue weighted by atomic mass is 10.0. The molecule has 3 rings (SSSR count). The van der Waals surface area contributed by atoms with E-state index in [0.717, 1.165) is 37.1 Å². The van der Waals surface area contributed by atoms with Crippen molar-refractivity contribution in [3.05, 3.63) is 59.9 Å². The molecule has 4 nitrogen and oxygen atoms in total. The number of anilines is 1. The summed E-state index contributed by atoms with van der Waals surface area (Å²) in [6, 6.07) is 7.65. The zero-order valence-corrected chi connectivity index (χ0v) is 13.9. The van der Waals surface area contributed by atoms with Gasteiger partial charge >= 0.3 is 0 Å². The number of piperidine rings is 1. The van der Waals surface area contributed by atoms with Gasteiger partial charge in [0.25, 0.3) is 0 Å². The van der Waals surface area contributed by atoms with E-state index in [9.17, 15) is 13.6 Å². The number of benzene rings is 1. The molecule has 1 saturated heterocycles. The van der Waals surface area contributed by atoms with Crippen LogP contribution < -0.4 is 5.32 Å². The van der Waals surface area contributed by atoms with Gasteiger partial charge in [-0.1, -0.05) is 0 Å². The number of carbonyl (C=O) groups excluding carboxylic acids is 1. The number of pyridine rings is 1. The maximum atomic E-state index is 13.3. The lowest BCUT2D eigenvalue weighted by Gasteiger charge is -2.34. The summed E-state index contributed by atoms with van der Waals surface area (Å²) < 4.78 is 26.3. The van der Waals surface area contributed by atoms with Gasteiger partial charge in [-0.05, 0) is 49.1 Å². The molecule has 0 spiro atoms. The van der Waals surface area contributed by atoms with Crippen LogP contribution in [0.25, 0.3) is 0 Å². The average Bonchev–Trinajstić information content (AvgIpc) is 2.64. The van der Waals surface area contributed by atoms with Gasteiger partial charge in [0.2, 0.25) is 5.91 Å². The van der Waals surface area contributed by atoms with Crippen molar-refractivity contribution >= 4 is 11.6 Å². The summed E-state index contributed by atoms with van der Waals surface area (Å²) in [5, 5.41) is 3.20. The number of nitrogens with one attached hydrogen (secondary N) is 1. The summed E-state index contributed by atoms with van der Waals surface area (Å²) in [5.41, 5.74) is 1.63. The second-order valence-electron chi connectivity index (χ2n) is 6.31. The third kappa shape index (κ3) is 4.75. The van der Waals surface area contributed by atoms with Gasteiger partial charge < -0.3 is 10.2 Å². The van der Waals surface area contributed by atoms with Crippen molar-refractivity contribution in [2.24, 2.45) is 0 Å². The van der Waals surface area contributed by atoms with Crippen LogP contribution in [-0.4, -0.2) is 34.9 Å². The van der Waals surface area contributed by atoms with Gasteiger partial charge in [-0.2, -0.15) is 0 Å². The Morgan fingerprint density at radius 2 is 2.00 bits per heavy atom. The largest absolute Gasteiger partial charge is 0.380 e. The zero-order chi connectivity index (χ0) is 17.6. The fraction of sp³-hybridized carbons (Fsp3) is 0.368. The number of rotatable bonds is 5. The number of nitrogens with zero attached hydrogens (tertiary/aromatic N) is 2. The summed E-state index contributed by atoms with van der Waals surface area (Å²) in [5.74, 6) is -1.61. The molecule has 0 aliphatic carbocycles. The first-order chi connectivity index (χ1) is 12.1. The van der Waals surface area contributed by atoms with Crippen LogP contribution in [-0.2, 0) is 11.2 Å². The molecule has 1 N–H and O–H groups in total. The number of hydrogen-bond donors (Lipinski definition) is 1. The highest BCUT2D eigenvalue weighted by Gasteiger charge is 2.23. The average molecular weight is 345 g/mol. The number of aromatic nitrogens is 1. The van der Waals surface area contributed by atoms with Gasteiger partial charge in [0.15, 0.2) is 11.6 Å². The maximum Gasteiger partial charge on any atom is 0.222 e. The van der Waals surface area contributed by atoms with Crippen LogP contribution >= 0.6 is 0 Å². The van der Waals surface area contributed by atoms with E-state index in [2.05, 4.69) is 10.3 Å². The van der Waals surface area contributed by atoms with Crippen molar-refractivity contribution in [2.45, 2.75) is 31.7 Å². The molecule has 132 valence electrons. The molecule has 1 fully saturated rings. The lowest BCUT2D eigenvalue weighted by molar-refractivity contribution is -0.132. The highest BCUT2D eigenvalue weighted by molar-refractivity contribution is 5.76. The summed E-state index contributed by atoms with van der Waals surface area (Å²) in [6.07, 6.45) is 6.39. The Bertz CT molecular complexity index is 724. The quantitative estimate of drug-likeness (QED) is 0.903. The molecule has 0 saturated carbocycles. The fourth-order valence-electron chi connectivity index (χ4n) is 3.10. The summed E-state index contributed by atoms with van der Waals surface area (Å²) in [4.78, 5) is 18.3. The van der Waals surface area contributed by atoms with Crippen LogP contribution in [0.15, 0.2) is 42.7 Å². The summed E-state index contributed by atoms with van der Waals surface area (Å²) >= 11 is 0. The van der Waals surface area contributed by atoms with Crippen LogP contribution in [0.2, 0.25) is 0 Å². The minimum atomic E-state index is -0.869. The highest BCUT2D eigenvalue weighted by atomic mass is 19.2. The fourth-order valence-corrected chi connectivity index (χ4v) is 3.10. The van der Waals surface area contributed by atoms with Gasteiger partial charge in [0.1, 0.15) is 0 Å². The van der Waals surface area contributed by atoms with Crippen molar-refractivity contribution in [3.8, 4) is 0 Å². The molecule has 0 bridgehead atoms. The van der Waals surface area contributed by atoms with E-state index in [1.165, 1.54) is 6.07 Å². The molecule has 1 aliphatic heterocycles. The van der Waals surface area contributed by atoms with Gasteiger partial charge in [-0.15, -0.1) is 0 Å². The Morgan fingerprint density at radius 3 is 2.76 bits per heavy atom. The van der Waals surface area contributed by atoms with Crippen molar-refractivity contribution < 1.29 is 13.6 Å². The topological polar surface area (TPSA) is 45.2 Å². The van der Waals surface area contributed by atoms with Crippen LogP contribution in [0.5, 0.6) is 0 Å². The van der Waals surface area contributed by atoms with Crippen molar-refractivity contribution in [1.29, 1.82) is 0 Å². The molecule has 2 aromatic rings. The van der Waals surface area contributed by atoms with Crippen LogP contribution in [0.4, 0.5) is 14.5 Å². The number of likely N-dealkylation sites (tertiary alicyclic amines) is 1. The number of amides is 1. The number of carbonyl (C=O) groups is 1. The van der Waals surface area contributed by atoms with E-state index >= 15 is 0 Å². The highest BCUT2D eigenvalue weighted by Crippen LogP contribution is 2.19. The molecule has 0 radical (unpaired) electrons. The third-order valence-electron chi connectivity index (χ3n) is 4.44. The van der Waals surface area contributed by atoms with Gasteiger partial charge in [0.05, 0.1) is 0 Å². The van der Waals surface area contributed by atoms with E-state index in [0.29, 0.717) is 25.1 Å². The lowest BCUT2D eigenvalue weighted by Crippen LogP contribution is -2.45. The molecule has 0 unspecified atom stereocenters. The number of halogens is 2. The number of hydrogen-bond acceptors (Lipinski definition) is 3. The first-order valence-electron chi connectivity index (χ1n) is 8.50. The molecular weight excluding hydrogens is 324 g/mol. The van der Waals surface area contributed by atoms with E-state index in [-0.39, 0.29) is 11.9 Å². The smallest absolute Gasteiger partial charge is 0.222 e. The predicted octanol–water partition coefficient (Wildman–Crippen LogP) is 3.40. The normalized spacial score (nSPS) is 17.4. The molecule has 2 heterocycles. The molecule has 1 aromatic heterocycles. The van der Waals surface area contributed by atoms with Crippen molar-refractivity contribution in [1.82, 2.24) is 9.88 Å². The van der Waals surface area contributed by atoms with E-state index in [4.69, 9.17) is 0 Å². The van der Waals surface area contributed by atoms with E-state index in [1.807, 2.05) is 17.0 Å².